The molecule has 0 spiro atoms. The van der Waals surface area contributed by atoms with Crippen LogP contribution in [0.25, 0.3) is 0 Å². The van der Waals surface area contributed by atoms with E-state index in [1.165, 1.54) is 64.2 Å². The van der Waals surface area contributed by atoms with Crippen LogP contribution >= 0.6 is 0 Å². The molecule has 0 bridgehead atoms. The van der Waals surface area contributed by atoms with E-state index in [9.17, 15) is 0 Å². The van der Waals surface area contributed by atoms with Gasteiger partial charge in [0.15, 0.2) is 0 Å². The van der Waals surface area contributed by atoms with Gasteiger partial charge in [0.2, 0.25) is 0 Å². The minimum absolute atomic E-state index is 1.03. The zero-order valence-electron chi connectivity index (χ0n) is 13.7. The molecule has 0 radical (unpaired) electrons. The van der Waals surface area contributed by atoms with Crippen LogP contribution < -0.4 is 0 Å². The molecule has 0 atom stereocenters. The topological polar surface area (TPSA) is 15.6 Å². The Morgan fingerprint density at radius 1 is 0.789 bits per heavy atom. The van der Waals surface area contributed by atoms with Gasteiger partial charge >= 0.3 is 0 Å². The Hall–Kier alpha value is -0.370. The van der Waals surface area contributed by atoms with Crippen molar-refractivity contribution in [3.05, 3.63) is 0 Å². The largest absolute Gasteiger partial charge is 0.309 e. The lowest BCUT2D eigenvalue weighted by molar-refractivity contribution is 0.423. The zero-order chi connectivity index (χ0) is 14.2. The second-order valence-electron chi connectivity index (χ2n) is 5.86. The van der Waals surface area contributed by atoms with Crippen molar-refractivity contribution in [3.8, 4) is 0 Å². The van der Waals surface area contributed by atoms with Crippen molar-refractivity contribution in [2.24, 2.45) is 4.99 Å². The highest BCUT2D eigenvalue weighted by atomic mass is 15.0. The average Bonchev–Trinajstić information content (AvgIpc) is 2.39. The number of rotatable bonds is 14. The van der Waals surface area contributed by atoms with Gasteiger partial charge < -0.3 is 4.90 Å². The first-order valence-electron chi connectivity index (χ1n) is 8.40. The fraction of sp³-hybridized carbons (Fsp3) is 0.941. The van der Waals surface area contributed by atoms with Crippen molar-refractivity contribution in [3.63, 3.8) is 0 Å². The van der Waals surface area contributed by atoms with Gasteiger partial charge in [-0.05, 0) is 33.2 Å². The summed E-state index contributed by atoms with van der Waals surface area (Å²) in [6.07, 6.45) is 17.2. The maximum Gasteiger partial charge on any atom is 0.0385 e. The molecule has 19 heavy (non-hydrogen) atoms. The molecule has 2 heteroatoms. The van der Waals surface area contributed by atoms with E-state index in [4.69, 9.17) is 0 Å². The summed E-state index contributed by atoms with van der Waals surface area (Å²) >= 11 is 0. The van der Waals surface area contributed by atoms with Gasteiger partial charge in [-0.3, -0.25) is 4.99 Å². The maximum atomic E-state index is 4.46. The molecule has 0 amide bonds. The van der Waals surface area contributed by atoms with Gasteiger partial charge in [-0.15, -0.1) is 0 Å². The van der Waals surface area contributed by atoms with E-state index < -0.39 is 0 Å². The Kier molecular flexibility index (Phi) is 15.4. The van der Waals surface area contributed by atoms with E-state index in [0.717, 1.165) is 19.5 Å². The summed E-state index contributed by atoms with van der Waals surface area (Å²) < 4.78 is 0. The second-order valence-corrected chi connectivity index (χ2v) is 5.86. The quantitative estimate of drug-likeness (QED) is 0.322. The highest BCUT2D eigenvalue weighted by molar-refractivity contribution is 5.57. The van der Waals surface area contributed by atoms with E-state index in [2.05, 4.69) is 37.1 Å². The van der Waals surface area contributed by atoms with Crippen LogP contribution in [0.1, 0.15) is 77.6 Å². The molecule has 0 aliphatic carbocycles. The normalized spacial score (nSPS) is 11.8. The lowest BCUT2D eigenvalue weighted by atomic mass is 10.1. The Morgan fingerprint density at radius 3 is 1.84 bits per heavy atom. The van der Waals surface area contributed by atoms with Crippen LogP contribution in [0.4, 0.5) is 0 Å². The number of hydrogen-bond donors (Lipinski definition) is 0. The highest BCUT2D eigenvalue weighted by Gasteiger charge is 1.92. The number of unbranched alkanes of at least 4 members (excludes halogenated alkanes) is 9. The van der Waals surface area contributed by atoms with Crippen molar-refractivity contribution in [1.82, 2.24) is 4.90 Å². The molecule has 0 N–H and O–H groups in total. The fourth-order valence-corrected chi connectivity index (χ4v) is 2.19. The lowest BCUT2D eigenvalue weighted by Gasteiger charge is -2.05. The van der Waals surface area contributed by atoms with Gasteiger partial charge in [0.05, 0.1) is 0 Å². The van der Waals surface area contributed by atoms with Crippen LogP contribution in [0.3, 0.4) is 0 Å². The summed E-state index contributed by atoms with van der Waals surface area (Å²) in [5.74, 6) is 0. The summed E-state index contributed by atoms with van der Waals surface area (Å²) in [5, 5.41) is 0. The molecule has 0 rings (SSSR count). The highest BCUT2D eigenvalue weighted by Crippen LogP contribution is 2.10. The molecule has 0 aliphatic rings. The molecule has 0 aromatic rings. The monoisotopic (exact) mass is 268 g/mol. The molecule has 0 aromatic carbocycles. The van der Waals surface area contributed by atoms with E-state index in [1.54, 1.807) is 0 Å². The van der Waals surface area contributed by atoms with Crippen LogP contribution in [0.15, 0.2) is 4.99 Å². The Balaban J connectivity index is 3.02. The van der Waals surface area contributed by atoms with Crippen LogP contribution in [0.2, 0.25) is 0 Å². The standard InChI is InChI=1S/C17H36N2/c1-4-5-6-7-8-9-10-11-12-13-15-18-16-14-17-19(2)3/h16H,4-15,17H2,1-3H3. The Labute approximate surface area is 121 Å². The van der Waals surface area contributed by atoms with Crippen LogP contribution in [-0.4, -0.2) is 38.3 Å². The fourth-order valence-electron chi connectivity index (χ4n) is 2.19. The number of nitrogens with zero attached hydrogens (tertiary/aromatic N) is 2. The number of hydrogen-bond acceptors (Lipinski definition) is 2. The predicted molar refractivity (Wildman–Crippen MR) is 88.4 cm³/mol. The SMILES string of the molecule is CCCCCCCCCCCCN=CCCN(C)C. The molecular weight excluding hydrogens is 232 g/mol. The summed E-state index contributed by atoms with van der Waals surface area (Å²) in [7, 11) is 4.21. The Bertz CT molecular complexity index is 188. The second kappa shape index (κ2) is 15.7. The van der Waals surface area contributed by atoms with Crippen molar-refractivity contribution in [1.29, 1.82) is 0 Å². The van der Waals surface area contributed by atoms with E-state index in [0.29, 0.717) is 0 Å². The summed E-state index contributed by atoms with van der Waals surface area (Å²) in [6.45, 7) is 4.43. The minimum Gasteiger partial charge on any atom is -0.309 e. The molecular formula is C17H36N2. The first kappa shape index (κ1) is 18.6. The van der Waals surface area contributed by atoms with E-state index in [-0.39, 0.29) is 0 Å². The van der Waals surface area contributed by atoms with Crippen molar-refractivity contribution in [2.45, 2.75) is 77.6 Å². The maximum absolute atomic E-state index is 4.46. The molecule has 0 fully saturated rings. The Morgan fingerprint density at radius 2 is 1.32 bits per heavy atom. The molecule has 0 aliphatic heterocycles. The molecule has 114 valence electrons. The van der Waals surface area contributed by atoms with Gasteiger partial charge in [-0.25, -0.2) is 0 Å². The van der Waals surface area contributed by atoms with Gasteiger partial charge in [-0.1, -0.05) is 64.7 Å². The zero-order valence-corrected chi connectivity index (χ0v) is 13.7. The van der Waals surface area contributed by atoms with E-state index in [1.807, 2.05) is 0 Å². The molecule has 0 unspecified atom stereocenters. The third-order valence-electron chi connectivity index (χ3n) is 3.48. The molecule has 0 saturated heterocycles. The number of aliphatic imine (C=N–C) groups is 1. The smallest absolute Gasteiger partial charge is 0.0385 e. The van der Waals surface area contributed by atoms with Gasteiger partial charge in [0.25, 0.3) is 0 Å². The van der Waals surface area contributed by atoms with E-state index >= 15 is 0 Å². The van der Waals surface area contributed by atoms with Crippen molar-refractivity contribution in [2.75, 3.05) is 27.2 Å². The van der Waals surface area contributed by atoms with Crippen molar-refractivity contribution >= 4 is 6.21 Å². The first-order valence-corrected chi connectivity index (χ1v) is 8.40. The molecule has 0 aromatic heterocycles. The van der Waals surface area contributed by atoms with Crippen molar-refractivity contribution < 1.29 is 0 Å². The summed E-state index contributed by atoms with van der Waals surface area (Å²) in [6, 6.07) is 0. The molecule has 2 nitrogen and oxygen atoms in total. The average molecular weight is 268 g/mol. The molecule has 0 saturated carbocycles. The summed E-state index contributed by atoms with van der Waals surface area (Å²) in [4.78, 5) is 6.66. The summed E-state index contributed by atoms with van der Waals surface area (Å²) in [5.41, 5.74) is 0. The van der Waals surface area contributed by atoms with Crippen LogP contribution in [0, 0.1) is 0 Å². The van der Waals surface area contributed by atoms with Crippen LogP contribution in [-0.2, 0) is 0 Å². The van der Waals surface area contributed by atoms with Gasteiger partial charge in [-0.2, -0.15) is 0 Å². The predicted octanol–water partition coefficient (Wildman–Crippen LogP) is 4.93. The lowest BCUT2D eigenvalue weighted by Crippen LogP contribution is -2.13. The van der Waals surface area contributed by atoms with Gasteiger partial charge in [0.1, 0.15) is 0 Å². The third kappa shape index (κ3) is 17.6. The van der Waals surface area contributed by atoms with Gasteiger partial charge in [0, 0.05) is 13.1 Å². The molecule has 0 heterocycles. The minimum atomic E-state index is 1.03. The van der Waals surface area contributed by atoms with Crippen LogP contribution in [0.5, 0.6) is 0 Å². The third-order valence-corrected chi connectivity index (χ3v) is 3.48. The first-order chi connectivity index (χ1) is 9.27.